The summed E-state index contributed by atoms with van der Waals surface area (Å²) in [5.74, 6) is -0.194. The van der Waals surface area contributed by atoms with Crippen LogP contribution in [0.5, 0.6) is 5.75 Å². The molecule has 41 heavy (non-hydrogen) atoms. The molecule has 212 valence electrons. The van der Waals surface area contributed by atoms with Gasteiger partial charge in [-0.15, -0.1) is 0 Å². The highest BCUT2D eigenvalue weighted by molar-refractivity contribution is 6.34. The third-order valence-electron chi connectivity index (χ3n) is 7.65. The number of halogens is 2. The van der Waals surface area contributed by atoms with Crippen LogP contribution >= 0.6 is 11.6 Å². The van der Waals surface area contributed by atoms with Crippen molar-refractivity contribution in [2.75, 3.05) is 31.6 Å². The minimum absolute atomic E-state index is 0.0619. The predicted molar refractivity (Wildman–Crippen MR) is 158 cm³/mol. The Balaban J connectivity index is 1.69. The average Bonchev–Trinajstić information content (AvgIpc) is 3.81. The van der Waals surface area contributed by atoms with E-state index in [4.69, 9.17) is 11.6 Å². The molecule has 5 rings (SSSR count). The first-order chi connectivity index (χ1) is 19.8. The number of piperazine rings is 1. The number of carbonyl (C=O) groups is 2. The van der Waals surface area contributed by atoms with Crippen molar-refractivity contribution in [1.82, 2.24) is 14.8 Å². The number of phenolic OH excluding ortho intramolecular Hbond substituents is 1. The van der Waals surface area contributed by atoms with Crippen LogP contribution < -0.4 is 4.90 Å². The van der Waals surface area contributed by atoms with Crippen LogP contribution in [0.15, 0.2) is 66.4 Å². The Morgan fingerprint density at radius 2 is 2.02 bits per heavy atom. The first kappa shape index (κ1) is 28.3. The highest BCUT2D eigenvalue weighted by atomic mass is 35.5. The van der Waals surface area contributed by atoms with Gasteiger partial charge in [0.15, 0.2) is 0 Å². The largest absolute Gasteiger partial charge is 0.507 e. The SMILES string of the molecule is C=CC(=O)N1CCN(/C(=N/C)c2cc(Cl)c(-c3c(O)cccc3F)cc2N(C=O)c2ccncc2C2CC2)C(C)C1. The Bertz CT molecular complexity index is 1520. The maximum absolute atomic E-state index is 15.0. The van der Waals surface area contributed by atoms with Gasteiger partial charge in [0.25, 0.3) is 0 Å². The second kappa shape index (κ2) is 11.7. The van der Waals surface area contributed by atoms with E-state index in [1.54, 1.807) is 42.5 Å². The standard InChI is InChI=1S/C31H31ClFN5O3/c1-4-29(41)36-12-13-37(19(2)17-36)31(34-3)22-14-24(32)21(30-25(33)6-5-7-28(30)40)15-27(22)38(18-39)26-10-11-35-16-23(26)20-8-9-20/h4-7,10-11,14-16,18-20,40H,1,8-9,12-13,17H2,2-3H3/b34-31+. The van der Waals surface area contributed by atoms with E-state index < -0.39 is 5.82 Å². The lowest BCUT2D eigenvalue weighted by Gasteiger charge is -2.42. The highest BCUT2D eigenvalue weighted by Crippen LogP contribution is 2.47. The molecule has 10 heteroatoms. The summed E-state index contributed by atoms with van der Waals surface area (Å²) >= 11 is 6.79. The molecule has 1 N–H and O–H groups in total. The van der Waals surface area contributed by atoms with Gasteiger partial charge in [0, 0.05) is 61.3 Å². The van der Waals surface area contributed by atoms with Crippen LogP contribution in [0.4, 0.5) is 15.8 Å². The zero-order chi connectivity index (χ0) is 29.3. The first-order valence-corrected chi connectivity index (χ1v) is 13.8. The topological polar surface area (TPSA) is 89.3 Å². The van der Waals surface area contributed by atoms with Gasteiger partial charge in [0.1, 0.15) is 17.4 Å². The Morgan fingerprint density at radius 1 is 1.24 bits per heavy atom. The number of anilines is 2. The Hall–Kier alpha value is -4.24. The number of aromatic hydroxyl groups is 1. The van der Waals surface area contributed by atoms with Gasteiger partial charge in [-0.05, 0) is 67.7 Å². The quantitative estimate of drug-likeness (QED) is 0.174. The number of hydrogen-bond donors (Lipinski definition) is 1. The Kier molecular flexibility index (Phi) is 8.08. The van der Waals surface area contributed by atoms with Crippen molar-refractivity contribution in [1.29, 1.82) is 0 Å². The second-order valence-electron chi connectivity index (χ2n) is 10.2. The first-order valence-electron chi connectivity index (χ1n) is 13.4. The van der Waals surface area contributed by atoms with E-state index in [-0.39, 0.29) is 33.8 Å². The lowest BCUT2D eigenvalue weighted by molar-refractivity contribution is -0.128. The molecular weight excluding hydrogens is 545 g/mol. The summed E-state index contributed by atoms with van der Waals surface area (Å²) in [5, 5.41) is 10.8. The number of amides is 2. The number of nitrogens with zero attached hydrogens (tertiary/aromatic N) is 5. The van der Waals surface area contributed by atoms with Gasteiger partial charge in [0.2, 0.25) is 12.3 Å². The molecule has 1 saturated carbocycles. The molecule has 0 spiro atoms. The van der Waals surface area contributed by atoms with Crippen molar-refractivity contribution in [3.8, 4) is 16.9 Å². The number of phenols is 1. The zero-order valence-corrected chi connectivity index (χ0v) is 23.7. The number of hydrogen-bond acceptors (Lipinski definition) is 5. The van der Waals surface area contributed by atoms with Gasteiger partial charge in [-0.1, -0.05) is 24.2 Å². The number of rotatable bonds is 7. The fourth-order valence-electron chi connectivity index (χ4n) is 5.49. The molecular formula is C31H31ClFN5O3. The van der Waals surface area contributed by atoms with Gasteiger partial charge in [-0.2, -0.15) is 0 Å². The van der Waals surface area contributed by atoms with Gasteiger partial charge in [-0.25, -0.2) is 4.39 Å². The van der Waals surface area contributed by atoms with E-state index in [0.717, 1.165) is 24.8 Å². The molecule has 1 atom stereocenters. The van der Waals surface area contributed by atoms with Gasteiger partial charge < -0.3 is 14.9 Å². The maximum Gasteiger partial charge on any atom is 0.246 e. The molecule has 0 radical (unpaired) electrons. The number of aliphatic imine (C=N–C) groups is 1. The molecule has 2 heterocycles. The molecule has 1 aromatic heterocycles. The maximum atomic E-state index is 15.0. The normalized spacial score (nSPS) is 17.4. The smallest absolute Gasteiger partial charge is 0.246 e. The lowest BCUT2D eigenvalue weighted by atomic mass is 9.98. The molecule has 2 aliphatic rings. The van der Waals surface area contributed by atoms with Gasteiger partial charge >= 0.3 is 0 Å². The van der Waals surface area contributed by atoms with E-state index in [2.05, 4.69) is 21.5 Å². The molecule has 8 nitrogen and oxygen atoms in total. The number of amidine groups is 1. The summed E-state index contributed by atoms with van der Waals surface area (Å²) < 4.78 is 15.0. The van der Waals surface area contributed by atoms with E-state index >= 15 is 4.39 Å². The summed E-state index contributed by atoms with van der Waals surface area (Å²) in [6.07, 6.45) is 7.43. The second-order valence-corrected chi connectivity index (χ2v) is 10.7. The molecule has 0 bridgehead atoms. The van der Waals surface area contributed by atoms with Crippen molar-refractivity contribution >= 4 is 41.1 Å². The predicted octanol–water partition coefficient (Wildman–Crippen LogP) is 5.51. The molecule has 1 aliphatic carbocycles. The molecule has 1 unspecified atom stereocenters. The van der Waals surface area contributed by atoms with Crippen LogP contribution in [0.2, 0.25) is 5.02 Å². The summed E-state index contributed by atoms with van der Waals surface area (Å²) in [5.41, 5.74) is 2.75. The van der Waals surface area contributed by atoms with Crippen molar-refractivity contribution in [3.63, 3.8) is 0 Å². The molecule has 2 fully saturated rings. The van der Waals surface area contributed by atoms with Crippen molar-refractivity contribution in [2.24, 2.45) is 4.99 Å². The van der Waals surface area contributed by atoms with Crippen LogP contribution in [-0.4, -0.2) is 70.8 Å². The number of carbonyl (C=O) groups excluding carboxylic acids is 2. The summed E-state index contributed by atoms with van der Waals surface area (Å²) in [6.45, 7) is 7.00. The monoisotopic (exact) mass is 575 g/mol. The lowest BCUT2D eigenvalue weighted by Crippen LogP contribution is -2.55. The number of pyridine rings is 1. The Labute approximate surface area is 243 Å². The van der Waals surface area contributed by atoms with Crippen molar-refractivity contribution in [3.05, 3.63) is 83.4 Å². The van der Waals surface area contributed by atoms with E-state index in [0.29, 0.717) is 48.3 Å². The van der Waals surface area contributed by atoms with Crippen molar-refractivity contribution in [2.45, 2.75) is 31.7 Å². The number of benzene rings is 2. The average molecular weight is 576 g/mol. The fraction of sp³-hybridized carbons (Fsp3) is 0.290. The molecule has 1 aliphatic heterocycles. The highest BCUT2D eigenvalue weighted by Gasteiger charge is 2.33. The number of aromatic nitrogens is 1. The minimum Gasteiger partial charge on any atom is -0.507 e. The molecule has 2 amide bonds. The molecule has 3 aromatic rings. The van der Waals surface area contributed by atoms with Crippen LogP contribution in [0, 0.1) is 5.82 Å². The van der Waals surface area contributed by atoms with Gasteiger partial charge in [-0.3, -0.25) is 24.5 Å². The van der Waals surface area contributed by atoms with Gasteiger partial charge in [0.05, 0.1) is 16.9 Å². The fourth-order valence-corrected chi connectivity index (χ4v) is 5.75. The molecule has 2 aromatic carbocycles. The molecule has 1 saturated heterocycles. The summed E-state index contributed by atoms with van der Waals surface area (Å²) in [4.78, 5) is 39.4. The van der Waals surface area contributed by atoms with E-state index in [1.807, 2.05) is 6.92 Å². The van der Waals surface area contributed by atoms with Crippen LogP contribution in [0.25, 0.3) is 11.1 Å². The summed E-state index contributed by atoms with van der Waals surface area (Å²) in [6, 6.07) is 8.99. The van der Waals surface area contributed by atoms with E-state index in [1.165, 1.54) is 29.2 Å². The van der Waals surface area contributed by atoms with Crippen LogP contribution in [-0.2, 0) is 9.59 Å². The third-order valence-corrected chi connectivity index (χ3v) is 7.97. The van der Waals surface area contributed by atoms with E-state index in [9.17, 15) is 14.7 Å². The third kappa shape index (κ3) is 5.41. The Morgan fingerprint density at radius 3 is 2.66 bits per heavy atom. The minimum atomic E-state index is -0.646. The summed E-state index contributed by atoms with van der Waals surface area (Å²) in [7, 11) is 1.66. The van der Waals surface area contributed by atoms with Crippen LogP contribution in [0.3, 0.4) is 0 Å². The van der Waals surface area contributed by atoms with Crippen molar-refractivity contribution < 1.29 is 19.1 Å². The zero-order valence-electron chi connectivity index (χ0n) is 22.9. The van der Waals surface area contributed by atoms with Crippen LogP contribution in [0.1, 0.15) is 36.8 Å².